The average Bonchev–Trinajstić information content (AvgIpc) is 3.76. The second-order valence-corrected chi connectivity index (χ2v) is 17.4. The van der Waals surface area contributed by atoms with Gasteiger partial charge in [-0.15, -0.1) is 0 Å². The van der Waals surface area contributed by atoms with Crippen LogP contribution in [0, 0.1) is 0 Å². The first kappa shape index (κ1) is 55.2. The molecule has 0 radical (unpaired) electrons. The van der Waals surface area contributed by atoms with Crippen LogP contribution in [0.15, 0.2) is 158 Å². The van der Waals surface area contributed by atoms with Gasteiger partial charge in [0.2, 0.25) is 13.4 Å². The summed E-state index contributed by atoms with van der Waals surface area (Å²) in [5, 5.41) is 0. The third-order valence-electron chi connectivity index (χ3n) is 14.9. The number of hydrogen-bond acceptors (Lipinski definition) is 0. The average molecular weight is 947 g/mol. The van der Waals surface area contributed by atoms with Crippen molar-refractivity contribution < 1.29 is 0 Å². The Morgan fingerprint density at radius 2 is 0.542 bits per heavy atom. The Bertz CT molecular complexity index is 2890. The maximum Gasteiger partial charge on any atom is 0.242 e. The van der Waals surface area contributed by atoms with Gasteiger partial charge in [0.25, 0.3) is 0 Å². The third kappa shape index (κ3) is 8.76. The topological polar surface area (TPSA) is 0 Å². The number of fused-ring (bicyclic) bond motifs is 17. The van der Waals surface area contributed by atoms with Crippen molar-refractivity contribution in [3.05, 3.63) is 236 Å². The SMILES string of the molecule is CC.CC.CC.CC.CC.CC.CC.CC.c1ccc2c(c1)Cc1cccc3c1B2c1cc2c(cc1C3)Cc1cc3c(cc1C21c2ccccc2-c2ccccc21)B1c2ccccc2Cc2cccc(c21)C3. The minimum Gasteiger partial charge on any atom is -0.0683 e. The van der Waals surface area contributed by atoms with Gasteiger partial charge < -0.3 is 0 Å². The molecule has 0 N–H and O–H groups in total. The molecule has 0 atom stereocenters. The van der Waals surface area contributed by atoms with E-state index in [4.69, 9.17) is 0 Å². The lowest BCUT2D eigenvalue weighted by Gasteiger charge is -2.44. The summed E-state index contributed by atoms with van der Waals surface area (Å²) in [5.74, 6) is 0. The lowest BCUT2D eigenvalue weighted by Crippen LogP contribution is -2.61. The number of benzene rings is 8. The van der Waals surface area contributed by atoms with Crippen LogP contribution in [0.4, 0.5) is 0 Å². The summed E-state index contributed by atoms with van der Waals surface area (Å²) in [7, 11) is 0. The molecule has 370 valence electrons. The van der Waals surface area contributed by atoms with E-state index >= 15 is 0 Å². The Kier molecular flexibility index (Phi) is 19.2. The van der Waals surface area contributed by atoms with E-state index in [1.165, 1.54) is 111 Å². The minimum absolute atomic E-state index is 0.253. The summed E-state index contributed by atoms with van der Waals surface area (Å²) in [6, 6.07) is 62.3. The monoisotopic (exact) mass is 947 g/mol. The van der Waals surface area contributed by atoms with Gasteiger partial charge in [-0.25, -0.2) is 0 Å². The first-order valence-electron chi connectivity index (χ1n) is 28.6. The van der Waals surface area contributed by atoms with Crippen LogP contribution in [0.25, 0.3) is 11.1 Å². The van der Waals surface area contributed by atoms with E-state index < -0.39 is 5.41 Å². The van der Waals surface area contributed by atoms with E-state index in [1.807, 2.05) is 111 Å². The molecule has 2 aliphatic carbocycles. The van der Waals surface area contributed by atoms with Gasteiger partial charge in [-0.1, -0.05) is 301 Å². The van der Waals surface area contributed by atoms with Crippen LogP contribution in [0.2, 0.25) is 0 Å². The fourth-order valence-corrected chi connectivity index (χ4v) is 12.8. The zero-order valence-corrected chi connectivity index (χ0v) is 47.2. The molecule has 0 amide bonds. The van der Waals surface area contributed by atoms with Crippen molar-refractivity contribution in [2.75, 3.05) is 0 Å². The predicted molar refractivity (Wildman–Crippen MR) is 324 cm³/mol. The molecule has 0 bridgehead atoms. The largest absolute Gasteiger partial charge is 0.242 e. The summed E-state index contributed by atoms with van der Waals surface area (Å²) in [4.78, 5) is 0. The van der Waals surface area contributed by atoms with Crippen LogP contribution in [-0.4, -0.2) is 13.4 Å². The highest BCUT2D eigenvalue weighted by Gasteiger charge is 2.52. The maximum absolute atomic E-state index is 2.72. The molecule has 0 aromatic heterocycles. The van der Waals surface area contributed by atoms with Gasteiger partial charge in [0, 0.05) is 0 Å². The van der Waals surface area contributed by atoms with E-state index in [0.717, 1.165) is 32.1 Å². The van der Waals surface area contributed by atoms with Crippen LogP contribution in [0.5, 0.6) is 0 Å². The standard InChI is InChI=1S/C54H36B2.8C2H6/c1-7-21-48-32(11-1)23-34-13-9-15-36-25-40-28-38-27-39-29-41-26-37-16-10-14-35-24-33-12-2-8-22-49(33)56(53(35)37)51(41)31-47(39)54(46(38)30-50(40)55(48)52(34)36)44-19-5-3-17-42(44)43-18-4-6-20-45(43)54;8*1-2/h1-22,28-31H,23-27H2;8*1-2H3. The van der Waals surface area contributed by atoms with Gasteiger partial charge >= 0.3 is 0 Å². The van der Waals surface area contributed by atoms with Crippen LogP contribution in [0.1, 0.15) is 189 Å². The van der Waals surface area contributed by atoms with Crippen molar-refractivity contribution in [3.63, 3.8) is 0 Å². The van der Waals surface area contributed by atoms with E-state index in [2.05, 4.69) is 158 Å². The van der Waals surface area contributed by atoms with Crippen LogP contribution in [0.3, 0.4) is 0 Å². The summed E-state index contributed by atoms with van der Waals surface area (Å²) in [6.07, 6.45) is 5.01. The van der Waals surface area contributed by atoms with Crippen LogP contribution >= 0.6 is 0 Å². The van der Waals surface area contributed by atoms with E-state index in [1.54, 1.807) is 10.9 Å². The predicted octanol–water partition coefficient (Wildman–Crippen LogP) is 14.8. The Labute approximate surface area is 439 Å². The molecule has 0 saturated carbocycles. The van der Waals surface area contributed by atoms with Gasteiger partial charge in [0.05, 0.1) is 5.41 Å². The number of rotatable bonds is 0. The van der Waals surface area contributed by atoms with Crippen molar-refractivity contribution in [1.29, 1.82) is 0 Å². The molecule has 4 heterocycles. The fraction of sp³-hybridized carbons (Fsp3) is 0.314. The smallest absolute Gasteiger partial charge is 0.0683 e. The highest BCUT2D eigenvalue weighted by molar-refractivity contribution is 6.98. The molecule has 2 heteroatoms. The molecule has 8 aromatic rings. The van der Waals surface area contributed by atoms with E-state index in [0.29, 0.717) is 0 Å². The zero-order valence-electron chi connectivity index (χ0n) is 47.2. The first-order chi connectivity index (χ1) is 35.7. The normalized spacial score (nSPS) is 13.1. The third-order valence-corrected chi connectivity index (χ3v) is 14.9. The fourth-order valence-electron chi connectivity index (χ4n) is 12.8. The van der Waals surface area contributed by atoms with Crippen molar-refractivity contribution in [1.82, 2.24) is 0 Å². The summed E-state index contributed by atoms with van der Waals surface area (Å²) >= 11 is 0. The Balaban J connectivity index is 0.000000487. The zero-order chi connectivity index (χ0) is 52.3. The first-order valence-corrected chi connectivity index (χ1v) is 28.6. The van der Waals surface area contributed by atoms with Gasteiger partial charge in [0.15, 0.2) is 0 Å². The minimum atomic E-state index is -0.415. The summed E-state index contributed by atoms with van der Waals surface area (Å²) < 4.78 is 0. The summed E-state index contributed by atoms with van der Waals surface area (Å²) in [5.41, 5.74) is 32.3. The van der Waals surface area contributed by atoms with Gasteiger partial charge in [-0.3, -0.25) is 0 Å². The second kappa shape index (κ2) is 25.0. The second-order valence-electron chi connectivity index (χ2n) is 17.4. The van der Waals surface area contributed by atoms with Crippen molar-refractivity contribution in [3.8, 4) is 11.1 Å². The quantitative estimate of drug-likeness (QED) is 0.133. The summed E-state index contributed by atoms with van der Waals surface area (Å²) in [6.45, 7) is 32.5. The Morgan fingerprint density at radius 3 is 0.917 bits per heavy atom. The van der Waals surface area contributed by atoms with Gasteiger partial charge in [-0.05, 0) is 121 Å². The maximum atomic E-state index is 2.72. The number of hydrogen-bond donors (Lipinski definition) is 0. The Hall–Kier alpha value is -6.11. The Morgan fingerprint density at radius 1 is 0.250 bits per heavy atom. The molecular formula is C70H84B2. The molecule has 8 aromatic carbocycles. The van der Waals surface area contributed by atoms with Crippen molar-refractivity contribution >= 4 is 46.2 Å². The molecule has 6 aliphatic rings. The van der Waals surface area contributed by atoms with E-state index in [-0.39, 0.29) is 13.4 Å². The van der Waals surface area contributed by atoms with Crippen LogP contribution < -0.4 is 32.8 Å². The molecule has 72 heavy (non-hydrogen) atoms. The molecule has 0 saturated heterocycles. The molecule has 1 spiro atoms. The highest BCUT2D eigenvalue weighted by Crippen LogP contribution is 2.59. The van der Waals surface area contributed by atoms with Crippen molar-refractivity contribution in [2.24, 2.45) is 0 Å². The lowest BCUT2D eigenvalue weighted by molar-refractivity contribution is 0.721. The van der Waals surface area contributed by atoms with Crippen LogP contribution in [-0.2, 0) is 37.5 Å². The molecule has 14 rings (SSSR count). The van der Waals surface area contributed by atoms with Gasteiger partial charge in [0.1, 0.15) is 0 Å². The molecule has 0 unspecified atom stereocenters. The van der Waals surface area contributed by atoms with Crippen molar-refractivity contribution in [2.45, 2.75) is 148 Å². The van der Waals surface area contributed by atoms with Gasteiger partial charge in [-0.2, -0.15) is 0 Å². The molecular weight excluding hydrogens is 862 g/mol. The molecule has 0 nitrogen and oxygen atoms in total. The lowest BCUT2D eigenvalue weighted by atomic mass is 9.30. The molecule has 0 fully saturated rings. The van der Waals surface area contributed by atoms with E-state index in [9.17, 15) is 0 Å². The highest BCUT2D eigenvalue weighted by atomic mass is 14.5. The molecule has 4 aliphatic heterocycles.